The fourth-order valence-electron chi connectivity index (χ4n) is 1.58. The lowest BCUT2D eigenvalue weighted by Gasteiger charge is -2.18. The molecule has 1 aromatic rings. The average Bonchev–Trinajstić information content (AvgIpc) is 2.20. The van der Waals surface area contributed by atoms with Crippen molar-refractivity contribution in [3.63, 3.8) is 0 Å². The zero-order valence-electron chi connectivity index (χ0n) is 9.64. The predicted octanol–water partition coefficient (Wildman–Crippen LogP) is 2.59. The van der Waals surface area contributed by atoms with Gasteiger partial charge in [-0.15, -0.1) is 0 Å². The first kappa shape index (κ1) is 11.1. The van der Waals surface area contributed by atoms with E-state index in [0.717, 1.165) is 5.75 Å². The van der Waals surface area contributed by atoms with Gasteiger partial charge >= 0.3 is 0 Å². The zero-order valence-corrected chi connectivity index (χ0v) is 9.64. The normalized spacial score (nSPS) is 12.6. The van der Waals surface area contributed by atoms with Crippen LogP contribution < -0.4 is 10.1 Å². The van der Waals surface area contributed by atoms with Gasteiger partial charge in [-0.2, -0.15) is 0 Å². The molecule has 0 heterocycles. The second-order valence-corrected chi connectivity index (χ2v) is 3.64. The van der Waals surface area contributed by atoms with Crippen molar-refractivity contribution in [2.75, 3.05) is 14.2 Å². The van der Waals surface area contributed by atoms with Crippen LogP contribution in [-0.4, -0.2) is 14.2 Å². The van der Waals surface area contributed by atoms with Crippen molar-refractivity contribution in [3.05, 3.63) is 28.8 Å². The third-order valence-electron chi connectivity index (χ3n) is 2.81. The fraction of sp³-hybridized carbons (Fsp3) is 0.500. The first-order valence-corrected chi connectivity index (χ1v) is 4.93. The fourth-order valence-corrected chi connectivity index (χ4v) is 1.58. The van der Waals surface area contributed by atoms with Gasteiger partial charge in [-0.1, -0.05) is 12.1 Å². The lowest BCUT2D eigenvalue weighted by Crippen LogP contribution is -2.14. The van der Waals surface area contributed by atoms with Crippen LogP contribution >= 0.6 is 0 Å². The summed E-state index contributed by atoms with van der Waals surface area (Å²) in [4.78, 5) is 0. The lowest BCUT2D eigenvalue weighted by molar-refractivity contribution is 0.400. The summed E-state index contributed by atoms with van der Waals surface area (Å²) >= 11 is 0. The van der Waals surface area contributed by atoms with E-state index in [2.05, 4.69) is 38.2 Å². The third kappa shape index (κ3) is 1.90. The van der Waals surface area contributed by atoms with Crippen LogP contribution in [0.4, 0.5) is 0 Å². The number of nitrogens with one attached hydrogen (secondary N) is 1. The maximum absolute atomic E-state index is 5.44. The Morgan fingerprint density at radius 1 is 1.29 bits per heavy atom. The molecule has 0 aliphatic heterocycles. The molecule has 1 N–H and O–H groups in total. The van der Waals surface area contributed by atoms with Gasteiger partial charge in [0, 0.05) is 11.6 Å². The summed E-state index contributed by atoms with van der Waals surface area (Å²) in [6.07, 6.45) is 0. The number of benzene rings is 1. The Morgan fingerprint density at radius 3 is 2.43 bits per heavy atom. The molecule has 0 saturated heterocycles. The standard InChI is InChI=1S/C12H19NO/c1-8-6-7-11(10(3)13-4)12(14-5)9(8)2/h6-7,10,13H,1-5H3. The quantitative estimate of drug-likeness (QED) is 0.796. The van der Waals surface area contributed by atoms with Crippen molar-refractivity contribution in [3.8, 4) is 5.75 Å². The minimum Gasteiger partial charge on any atom is -0.496 e. The van der Waals surface area contributed by atoms with Crippen LogP contribution in [0.2, 0.25) is 0 Å². The molecule has 14 heavy (non-hydrogen) atoms. The zero-order chi connectivity index (χ0) is 10.7. The maximum atomic E-state index is 5.44. The van der Waals surface area contributed by atoms with Gasteiger partial charge in [0.1, 0.15) is 5.75 Å². The van der Waals surface area contributed by atoms with Crippen molar-refractivity contribution in [2.24, 2.45) is 0 Å². The van der Waals surface area contributed by atoms with Crippen molar-refractivity contribution in [2.45, 2.75) is 26.8 Å². The second-order valence-electron chi connectivity index (χ2n) is 3.64. The van der Waals surface area contributed by atoms with Gasteiger partial charge in [0.25, 0.3) is 0 Å². The van der Waals surface area contributed by atoms with Crippen LogP contribution in [0.15, 0.2) is 12.1 Å². The molecule has 0 aliphatic rings. The molecule has 0 fully saturated rings. The van der Waals surface area contributed by atoms with E-state index in [1.165, 1.54) is 16.7 Å². The molecular formula is C12H19NO. The van der Waals surface area contributed by atoms with Crippen LogP contribution in [0.3, 0.4) is 0 Å². The van der Waals surface area contributed by atoms with Gasteiger partial charge in [-0.05, 0) is 38.9 Å². The third-order valence-corrected chi connectivity index (χ3v) is 2.81. The molecule has 2 nitrogen and oxygen atoms in total. The van der Waals surface area contributed by atoms with E-state index < -0.39 is 0 Å². The summed E-state index contributed by atoms with van der Waals surface area (Å²) in [5.41, 5.74) is 3.72. The molecule has 0 radical (unpaired) electrons. The van der Waals surface area contributed by atoms with Crippen LogP contribution in [-0.2, 0) is 0 Å². The minimum absolute atomic E-state index is 0.323. The smallest absolute Gasteiger partial charge is 0.126 e. The molecule has 1 atom stereocenters. The van der Waals surface area contributed by atoms with Crippen molar-refractivity contribution in [1.29, 1.82) is 0 Å². The van der Waals surface area contributed by atoms with Crippen LogP contribution in [0.5, 0.6) is 5.75 Å². The molecule has 0 aromatic heterocycles. The van der Waals surface area contributed by atoms with E-state index in [0.29, 0.717) is 6.04 Å². The molecule has 0 amide bonds. The highest BCUT2D eigenvalue weighted by atomic mass is 16.5. The monoisotopic (exact) mass is 193 g/mol. The first-order chi connectivity index (χ1) is 6.61. The highest BCUT2D eigenvalue weighted by Crippen LogP contribution is 2.30. The molecule has 1 unspecified atom stereocenters. The van der Waals surface area contributed by atoms with Gasteiger partial charge in [-0.25, -0.2) is 0 Å². The van der Waals surface area contributed by atoms with E-state index in [1.54, 1.807) is 7.11 Å². The van der Waals surface area contributed by atoms with Gasteiger partial charge in [0.2, 0.25) is 0 Å². The number of methoxy groups -OCH3 is 1. The second kappa shape index (κ2) is 4.47. The molecular weight excluding hydrogens is 174 g/mol. The summed E-state index contributed by atoms with van der Waals surface area (Å²) in [7, 11) is 3.69. The SMILES string of the molecule is CNC(C)c1ccc(C)c(C)c1OC. The van der Waals surface area contributed by atoms with E-state index >= 15 is 0 Å². The Labute approximate surface area is 86.3 Å². The molecule has 1 rings (SSSR count). The summed E-state index contributed by atoms with van der Waals surface area (Å²) in [5, 5.41) is 3.22. The van der Waals surface area contributed by atoms with Crippen molar-refractivity contribution < 1.29 is 4.74 Å². The van der Waals surface area contributed by atoms with Gasteiger partial charge < -0.3 is 10.1 Å². The molecule has 0 saturated carbocycles. The van der Waals surface area contributed by atoms with Crippen LogP contribution in [0, 0.1) is 13.8 Å². The van der Waals surface area contributed by atoms with E-state index in [1.807, 2.05) is 7.05 Å². The molecule has 0 bridgehead atoms. The van der Waals surface area contributed by atoms with E-state index in [4.69, 9.17) is 4.74 Å². The van der Waals surface area contributed by atoms with Crippen molar-refractivity contribution in [1.82, 2.24) is 5.32 Å². The summed E-state index contributed by atoms with van der Waals surface area (Å²) in [6, 6.07) is 4.59. The molecule has 0 aliphatic carbocycles. The minimum atomic E-state index is 0.323. The topological polar surface area (TPSA) is 21.3 Å². The van der Waals surface area contributed by atoms with E-state index in [9.17, 15) is 0 Å². The van der Waals surface area contributed by atoms with Crippen LogP contribution in [0.25, 0.3) is 0 Å². The molecule has 0 spiro atoms. The Kier molecular flexibility index (Phi) is 3.53. The molecule has 1 aromatic carbocycles. The number of hydrogen-bond donors (Lipinski definition) is 1. The molecule has 2 heteroatoms. The first-order valence-electron chi connectivity index (χ1n) is 4.93. The lowest BCUT2D eigenvalue weighted by atomic mass is 10.00. The predicted molar refractivity (Wildman–Crippen MR) is 59.9 cm³/mol. The highest BCUT2D eigenvalue weighted by molar-refractivity contribution is 5.46. The Balaban J connectivity index is 3.23. The number of aryl methyl sites for hydroxylation is 1. The average molecular weight is 193 g/mol. The molecule has 78 valence electrons. The Bertz CT molecular complexity index is 320. The van der Waals surface area contributed by atoms with Crippen molar-refractivity contribution >= 4 is 0 Å². The Morgan fingerprint density at radius 2 is 1.93 bits per heavy atom. The number of hydrogen-bond acceptors (Lipinski definition) is 2. The van der Waals surface area contributed by atoms with E-state index in [-0.39, 0.29) is 0 Å². The van der Waals surface area contributed by atoms with Gasteiger partial charge in [0.15, 0.2) is 0 Å². The van der Waals surface area contributed by atoms with Gasteiger partial charge in [-0.3, -0.25) is 0 Å². The van der Waals surface area contributed by atoms with Gasteiger partial charge in [0.05, 0.1) is 7.11 Å². The highest BCUT2D eigenvalue weighted by Gasteiger charge is 2.12. The number of ether oxygens (including phenoxy) is 1. The summed E-state index contributed by atoms with van der Waals surface area (Å²) in [6.45, 7) is 6.33. The summed E-state index contributed by atoms with van der Waals surface area (Å²) in [5.74, 6) is 1.01. The maximum Gasteiger partial charge on any atom is 0.126 e. The Hall–Kier alpha value is -1.02. The largest absolute Gasteiger partial charge is 0.496 e. The van der Waals surface area contributed by atoms with Crippen LogP contribution in [0.1, 0.15) is 29.7 Å². The number of rotatable bonds is 3. The summed E-state index contributed by atoms with van der Waals surface area (Å²) < 4.78 is 5.44.